The van der Waals surface area contributed by atoms with Gasteiger partial charge in [0.05, 0.1) is 22.5 Å². The monoisotopic (exact) mass is 653 g/mol. The fourth-order valence-corrected chi connectivity index (χ4v) is 6.52. The van der Waals surface area contributed by atoms with Crippen molar-refractivity contribution >= 4 is 11.6 Å². The standard InChI is InChI=1S/C38H38F3N5O2/c1-22(2)19-32-35(37(42)47)34(36(38-45-44-23(3)48-38)31(43-32)14-9-24-6-11-28(39)12-7-24)27-10-15-33-26(21-27)5-4-17-46(33)18-16-25-8-13-29(40)30(41)20-25/h6-8,10-13,15,20-22H,4-5,9,14,16-19H2,1-3H3,(H2,42,47). The van der Waals surface area contributed by atoms with Crippen LogP contribution in [0.3, 0.4) is 0 Å². The molecular weight excluding hydrogens is 615 g/mol. The van der Waals surface area contributed by atoms with Crippen LogP contribution < -0.4 is 10.6 Å². The Kier molecular flexibility index (Phi) is 9.61. The number of aryl methyl sites for hydroxylation is 4. The fourth-order valence-electron chi connectivity index (χ4n) is 6.52. The van der Waals surface area contributed by atoms with Crippen LogP contribution in [0.2, 0.25) is 0 Å². The maximum atomic E-state index is 13.9. The summed E-state index contributed by atoms with van der Waals surface area (Å²) in [7, 11) is 0. The second-order valence-electron chi connectivity index (χ2n) is 12.8. The third-order valence-corrected chi connectivity index (χ3v) is 8.74. The average molecular weight is 654 g/mol. The molecule has 0 bridgehead atoms. The van der Waals surface area contributed by atoms with Crippen LogP contribution in [0, 0.1) is 30.3 Å². The number of aromatic nitrogens is 3. The smallest absolute Gasteiger partial charge is 0.251 e. The van der Waals surface area contributed by atoms with Crippen molar-refractivity contribution in [2.24, 2.45) is 11.7 Å². The van der Waals surface area contributed by atoms with E-state index in [1.165, 1.54) is 18.2 Å². The van der Waals surface area contributed by atoms with Crippen molar-refractivity contribution in [1.29, 1.82) is 0 Å². The van der Waals surface area contributed by atoms with Crippen molar-refractivity contribution < 1.29 is 22.4 Å². The van der Waals surface area contributed by atoms with Gasteiger partial charge in [-0.25, -0.2) is 13.2 Å². The first kappa shape index (κ1) is 32.9. The lowest BCUT2D eigenvalue weighted by Crippen LogP contribution is -2.31. The zero-order valence-corrected chi connectivity index (χ0v) is 27.3. The highest BCUT2D eigenvalue weighted by Gasteiger charge is 2.29. The van der Waals surface area contributed by atoms with Gasteiger partial charge < -0.3 is 15.1 Å². The predicted octanol–water partition coefficient (Wildman–Crippen LogP) is 7.60. The molecule has 2 aromatic heterocycles. The van der Waals surface area contributed by atoms with E-state index < -0.39 is 17.5 Å². The molecule has 248 valence electrons. The summed E-state index contributed by atoms with van der Waals surface area (Å²) in [6, 6.07) is 16.5. The molecule has 1 aliphatic heterocycles. The van der Waals surface area contributed by atoms with Crippen LogP contribution in [0.4, 0.5) is 18.9 Å². The number of anilines is 1. The number of hydrogen-bond donors (Lipinski definition) is 1. The molecule has 0 unspecified atom stereocenters. The van der Waals surface area contributed by atoms with Gasteiger partial charge in [-0.2, -0.15) is 0 Å². The SMILES string of the molecule is Cc1nnc(-c2c(CCc3ccc(F)cc3)nc(CC(C)C)c(C(N)=O)c2-c2ccc3c(c2)CCCN3CCc2ccc(F)c(F)c2)o1. The number of rotatable bonds is 11. The molecule has 3 heterocycles. The van der Waals surface area contributed by atoms with Crippen molar-refractivity contribution in [3.05, 3.63) is 118 Å². The lowest BCUT2D eigenvalue weighted by atomic mass is 9.86. The Balaban J connectivity index is 1.46. The molecule has 0 spiro atoms. The predicted molar refractivity (Wildman–Crippen MR) is 179 cm³/mol. The molecule has 5 aromatic rings. The van der Waals surface area contributed by atoms with Crippen molar-refractivity contribution in [3.8, 4) is 22.6 Å². The number of primary amides is 1. The molecule has 10 heteroatoms. The molecule has 7 nitrogen and oxygen atoms in total. The number of carbonyl (C=O) groups excluding carboxylic acids is 1. The Morgan fingerprint density at radius 1 is 0.896 bits per heavy atom. The minimum atomic E-state index is -0.855. The highest BCUT2D eigenvalue weighted by atomic mass is 19.2. The molecular formula is C38H38F3N5O2. The van der Waals surface area contributed by atoms with Gasteiger partial charge in [0.15, 0.2) is 11.6 Å². The molecule has 0 radical (unpaired) electrons. The Bertz CT molecular complexity index is 1960. The van der Waals surface area contributed by atoms with Gasteiger partial charge in [0.2, 0.25) is 11.8 Å². The first-order chi connectivity index (χ1) is 23.1. The van der Waals surface area contributed by atoms with Crippen LogP contribution in [0.1, 0.15) is 64.6 Å². The minimum absolute atomic E-state index is 0.191. The number of halogens is 3. The second-order valence-corrected chi connectivity index (χ2v) is 12.8. The molecule has 0 saturated heterocycles. The number of benzene rings is 3. The van der Waals surface area contributed by atoms with Gasteiger partial charge in [-0.3, -0.25) is 9.78 Å². The van der Waals surface area contributed by atoms with E-state index in [4.69, 9.17) is 15.1 Å². The van der Waals surface area contributed by atoms with Crippen molar-refractivity contribution in [2.45, 2.75) is 59.3 Å². The average Bonchev–Trinajstić information content (AvgIpc) is 3.49. The summed E-state index contributed by atoms with van der Waals surface area (Å²) in [5.41, 5.74) is 13.5. The van der Waals surface area contributed by atoms with Crippen LogP contribution in [-0.4, -0.2) is 34.2 Å². The largest absolute Gasteiger partial charge is 0.421 e. The van der Waals surface area contributed by atoms with Crippen molar-refractivity contribution in [1.82, 2.24) is 15.2 Å². The molecule has 0 saturated carbocycles. The summed E-state index contributed by atoms with van der Waals surface area (Å²) in [4.78, 5) is 20.6. The van der Waals surface area contributed by atoms with E-state index in [-0.39, 0.29) is 17.6 Å². The topological polar surface area (TPSA) is 98.1 Å². The number of hydrogen-bond acceptors (Lipinski definition) is 6. The van der Waals surface area contributed by atoms with Crippen LogP contribution in [-0.2, 0) is 32.1 Å². The van der Waals surface area contributed by atoms with Gasteiger partial charge in [0.25, 0.3) is 5.91 Å². The number of carbonyl (C=O) groups is 1. The van der Waals surface area contributed by atoms with Crippen molar-refractivity contribution in [3.63, 3.8) is 0 Å². The Morgan fingerprint density at radius 3 is 2.35 bits per heavy atom. The van der Waals surface area contributed by atoms with Gasteiger partial charge in [-0.15, -0.1) is 10.2 Å². The fraction of sp³-hybridized carbons (Fsp3) is 0.316. The number of pyridine rings is 1. The highest BCUT2D eigenvalue weighted by molar-refractivity contribution is 6.05. The number of amides is 1. The molecule has 1 aliphatic rings. The summed E-state index contributed by atoms with van der Waals surface area (Å²) < 4.78 is 47.0. The zero-order valence-electron chi connectivity index (χ0n) is 27.3. The summed E-state index contributed by atoms with van der Waals surface area (Å²) in [6.07, 6.45) is 3.87. The quantitative estimate of drug-likeness (QED) is 0.158. The maximum Gasteiger partial charge on any atom is 0.251 e. The Morgan fingerprint density at radius 2 is 1.67 bits per heavy atom. The zero-order chi connectivity index (χ0) is 33.9. The van der Waals surface area contributed by atoms with Gasteiger partial charge in [-0.1, -0.05) is 38.1 Å². The van der Waals surface area contributed by atoms with E-state index in [9.17, 15) is 18.0 Å². The van der Waals surface area contributed by atoms with Crippen LogP contribution >= 0.6 is 0 Å². The molecule has 1 amide bonds. The molecule has 0 aliphatic carbocycles. The van der Waals surface area contributed by atoms with Crippen molar-refractivity contribution in [2.75, 3.05) is 18.0 Å². The molecule has 2 N–H and O–H groups in total. The van der Waals surface area contributed by atoms with Gasteiger partial charge in [0.1, 0.15) is 5.82 Å². The second kappa shape index (κ2) is 14.0. The number of nitrogens with two attached hydrogens (primary N) is 1. The summed E-state index contributed by atoms with van der Waals surface area (Å²) >= 11 is 0. The molecule has 3 aromatic carbocycles. The number of fused-ring (bicyclic) bond motifs is 1. The van der Waals surface area contributed by atoms with Crippen LogP contribution in [0.5, 0.6) is 0 Å². The first-order valence-corrected chi connectivity index (χ1v) is 16.3. The lowest BCUT2D eigenvalue weighted by molar-refractivity contribution is 0.0999. The molecule has 0 atom stereocenters. The summed E-state index contributed by atoms with van der Waals surface area (Å²) in [6.45, 7) is 7.30. The molecule has 0 fully saturated rings. The Hall–Kier alpha value is -4.99. The van der Waals surface area contributed by atoms with E-state index in [1.807, 2.05) is 12.1 Å². The number of nitrogens with zero attached hydrogens (tertiary/aromatic N) is 4. The third kappa shape index (κ3) is 7.12. The van der Waals surface area contributed by atoms with E-state index in [0.717, 1.165) is 53.4 Å². The minimum Gasteiger partial charge on any atom is -0.421 e. The van der Waals surface area contributed by atoms with Crippen LogP contribution in [0.25, 0.3) is 22.6 Å². The normalized spacial score (nSPS) is 12.9. The van der Waals surface area contributed by atoms with Gasteiger partial charge in [-0.05, 0) is 103 Å². The summed E-state index contributed by atoms with van der Waals surface area (Å²) in [5.74, 6) is -1.80. The lowest BCUT2D eigenvalue weighted by Gasteiger charge is -2.32. The van der Waals surface area contributed by atoms with E-state index in [1.54, 1.807) is 25.1 Å². The molecule has 48 heavy (non-hydrogen) atoms. The Labute approximate surface area is 278 Å². The van der Waals surface area contributed by atoms with Gasteiger partial charge in [0, 0.05) is 31.3 Å². The van der Waals surface area contributed by atoms with E-state index in [0.29, 0.717) is 66.2 Å². The molecule has 6 rings (SSSR count). The summed E-state index contributed by atoms with van der Waals surface area (Å²) in [5, 5.41) is 8.46. The van der Waals surface area contributed by atoms with E-state index >= 15 is 0 Å². The van der Waals surface area contributed by atoms with E-state index in [2.05, 4.69) is 35.0 Å². The van der Waals surface area contributed by atoms with Crippen LogP contribution in [0.15, 0.2) is 65.1 Å². The highest BCUT2D eigenvalue weighted by Crippen LogP contribution is 2.41. The maximum absolute atomic E-state index is 13.9. The first-order valence-electron chi connectivity index (χ1n) is 16.3. The third-order valence-electron chi connectivity index (χ3n) is 8.74. The van der Waals surface area contributed by atoms with Gasteiger partial charge >= 0.3 is 0 Å².